The van der Waals surface area contributed by atoms with E-state index in [-0.39, 0.29) is 23.6 Å². The summed E-state index contributed by atoms with van der Waals surface area (Å²) in [5.41, 5.74) is 1.11. The molecule has 5 nitrogen and oxygen atoms in total. The number of halogens is 2. The maximum atomic E-state index is 13.8. The molecule has 0 saturated heterocycles. The zero-order valence-electron chi connectivity index (χ0n) is 13.3. The number of aromatic nitrogens is 1. The molecule has 4 aromatic rings. The number of para-hydroxylation sites is 1. The number of rotatable bonds is 4. The van der Waals surface area contributed by atoms with Crippen LogP contribution in [0.15, 0.2) is 63.5 Å². The summed E-state index contributed by atoms with van der Waals surface area (Å²) < 4.78 is 37.3. The average molecular weight is 354 g/mol. The van der Waals surface area contributed by atoms with Crippen LogP contribution in [0.2, 0.25) is 0 Å². The molecule has 0 unspecified atom stereocenters. The van der Waals surface area contributed by atoms with Crippen LogP contribution in [0.3, 0.4) is 0 Å². The molecule has 2 heterocycles. The number of nitrogens with one attached hydrogen (secondary N) is 1. The number of hydrogen-bond donors (Lipinski definition) is 1. The highest BCUT2D eigenvalue weighted by Crippen LogP contribution is 2.24. The van der Waals surface area contributed by atoms with Crippen molar-refractivity contribution in [2.75, 3.05) is 0 Å². The van der Waals surface area contributed by atoms with Crippen LogP contribution in [0.1, 0.15) is 16.2 Å². The van der Waals surface area contributed by atoms with E-state index in [1.54, 1.807) is 12.1 Å². The molecule has 0 fully saturated rings. The molecule has 0 atom stereocenters. The van der Waals surface area contributed by atoms with Crippen molar-refractivity contribution in [2.45, 2.75) is 6.54 Å². The van der Waals surface area contributed by atoms with E-state index >= 15 is 0 Å². The third-order valence-corrected chi connectivity index (χ3v) is 3.83. The lowest BCUT2D eigenvalue weighted by atomic mass is 10.1. The standard InChI is InChI=1S/C19H12F2N2O3/c20-12-5-6-14(15(21)8-12)17-9-13(23-26-17)10-22-19(24)18-7-11-3-1-2-4-16(11)25-18/h1-9H,10H2,(H,22,24). The first-order valence-electron chi connectivity index (χ1n) is 7.78. The Morgan fingerprint density at radius 2 is 1.92 bits per heavy atom. The minimum absolute atomic E-state index is 0.0716. The highest BCUT2D eigenvalue weighted by atomic mass is 19.1. The molecule has 0 aliphatic rings. The van der Waals surface area contributed by atoms with Gasteiger partial charge in [-0.1, -0.05) is 23.4 Å². The average Bonchev–Trinajstić information content (AvgIpc) is 3.26. The van der Waals surface area contributed by atoms with E-state index in [0.29, 0.717) is 11.3 Å². The molecule has 2 aromatic heterocycles. The fourth-order valence-electron chi connectivity index (χ4n) is 2.56. The molecule has 0 radical (unpaired) electrons. The van der Waals surface area contributed by atoms with Crippen molar-refractivity contribution >= 4 is 16.9 Å². The van der Waals surface area contributed by atoms with Gasteiger partial charge >= 0.3 is 0 Å². The normalized spacial score (nSPS) is 11.0. The predicted octanol–water partition coefficient (Wildman–Crippen LogP) is 4.30. The van der Waals surface area contributed by atoms with E-state index in [1.807, 2.05) is 18.2 Å². The van der Waals surface area contributed by atoms with Gasteiger partial charge in [0, 0.05) is 17.5 Å². The Morgan fingerprint density at radius 3 is 2.73 bits per heavy atom. The molecule has 0 saturated carbocycles. The Balaban J connectivity index is 1.46. The first-order valence-corrected chi connectivity index (χ1v) is 7.78. The Bertz CT molecular complexity index is 1070. The second-order valence-electron chi connectivity index (χ2n) is 5.64. The molecule has 7 heteroatoms. The minimum atomic E-state index is -0.751. The molecule has 0 aliphatic carbocycles. The number of carbonyl (C=O) groups is 1. The van der Waals surface area contributed by atoms with E-state index in [2.05, 4.69) is 10.5 Å². The lowest BCUT2D eigenvalue weighted by Crippen LogP contribution is -2.22. The van der Waals surface area contributed by atoms with Crippen molar-refractivity contribution in [3.8, 4) is 11.3 Å². The Kier molecular flexibility index (Phi) is 3.96. The zero-order chi connectivity index (χ0) is 18.1. The van der Waals surface area contributed by atoms with Crippen LogP contribution in [0.5, 0.6) is 0 Å². The summed E-state index contributed by atoms with van der Waals surface area (Å²) in [5, 5.41) is 7.27. The molecule has 130 valence electrons. The molecule has 1 amide bonds. The van der Waals surface area contributed by atoms with E-state index in [1.165, 1.54) is 12.1 Å². The van der Waals surface area contributed by atoms with Crippen LogP contribution in [0, 0.1) is 11.6 Å². The first kappa shape index (κ1) is 16.0. The summed E-state index contributed by atoms with van der Waals surface area (Å²) >= 11 is 0. The number of fused-ring (bicyclic) bond motifs is 1. The van der Waals surface area contributed by atoms with Gasteiger partial charge in [-0.3, -0.25) is 4.79 Å². The van der Waals surface area contributed by atoms with Crippen LogP contribution in [0.4, 0.5) is 8.78 Å². The number of carbonyl (C=O) groups excluding carboxylic acids is 1. The SMILES string of the molecule is O=C(NCc1cc(-c2ccc(F)cc2F)on1)c1cc2ccccc2o1. The lowest BCUT2D eigenvalue weighted by molar-refractivity contribution is 0.0924. The first-order chi connectivity index (χ1) is 12.6. The highest BCUT2D eigenvalue weighted by molar-refractivity contribution is 5.96. The molecule has 0 aliphatic heterocycles. The minimum Gasteiger partial charge on any atom is -0.451 e. The molecule has 0 bridgehead atoms. The molecule has 2 aromatic carbocycles. The number of benzene rings is 2. The van der Waals surface area contributed by atoms with Crippen molar-refractivity contribution in [1.29, 1.82) is 0 Å². The second-order valence-corrected chi connectivity index (χ2v) is 5.64. The summed E-state index contributed by atoms with van der Waals surface area (Å²) in [7, 11) is 0. The van der Waals surface area contributed by atoms with Gasteiger partial charge in [0.15, 0.2) is 11.5 Å². The predicted molar refractivity (Wildman–Crippen MR) is 89.2 cm³/mol. The van der Waals surface area contributed by atoms with E-state index < -0.39 is 17.5 Å². The van der Waals surface area contributed by atoms with Crippen LogP contribution >= 0.6 is 0 Å². The largest absolute Gasteiger partial charge is 0.451 e. The van der Waals surface area contributed by atoms with Crippen molar-refractivity contribution < 1.29 is 22.5 Å². The number of nitrogens with zero attached hydrogens (tertiary/aromatic N) is 1. The summed E-state index contributed by atoms with van der Waals surface area (Å²) in [6.45, 7) is 0.0716. The van der Waals surface area contributed by atoms with Gasteiger partial charge in [0.25, 0.3) is 5.91 Å². The highest BCUT2D eigenvalue weighted by Gasteiger charge is 2.15. The molecule has 26 heavy (non-hydrogen) atoms. The van der Waals surface area contributed by atoms with E-state index in [0.717, 1.165) is 17.5 Å². The number of furan rings is 1. The second kappa shape index (κ2) is 6.44. The molecule has 4 rings (SSSR count). The van der Waals surface area contributed by atoms with Gasteiger partial charge in [-0.25, -0.2) is 8.78 Å². The van der Waals surface area contributed by atoms with Gasteiger partial charge in [0.2, 0.25) is 0 Å². The van der Waals surface area contributed by atoms with Gasteiger partial charge in [0.1, 0.15) is 22.9 Å². The van der Waals surface area contributed by atoms with Crippen molar-refractivity contribution in [2.24, 2.45) is 0 Å². The molecular weight excluding hydrogens is 342 g/mol. The summed E-state index contributed by atoms with van der Waals surface area (Å²) in [5.74, 6) is -1.50. The van der Waals surface area contributed by atoms with Crippen LogP contribution in [0.25, 0.3) is 22.3 Å². The summed E-state index contributed by atoms with van der Waals surface area (Å²) in [4.78, 5) is 12.2. The Morgan fingerprint density at radius 1 is 1.08 bits per heavy atom. The maximum Gasteiger partial charge on any atom is 0.287 e. The maximum absolute atomic E-state index is 13.8. The molecule has 1 N–H and O–H groups in total. The Labute approximate surface area is 146 Å². The third-order valence-electron chi connectivity index (χ3n) is 3.83. The van der Waals surface area contributed by atoms with Crippen LogP contribution in [-0.4, -0.2) is 11.1 Å². The van der Waals surface area contributed by atoms with E-state index in [9.17, 15) is 13.6 Å². The van der Waals surface area contributed by atoms with Crippen molar-refractivity contribution in [1.82, 2.24) is 10.5 Å². The van der Waals surface area contributed by atoms with Gasteiger partial charge in [-0.05, 0) is 24.3 Å². The number of amides is 1. The quantitative estimate of drug-likeness (QED) is 0.593. The van der Waals surface area contributed by atoms with Crippen LogP contribution in [-0.2, 0) is 6.54 Å². The smallest absolute Gasteiger partial charge is 0.287 e. The molecule has 0 spiro atoms. The monoisotopic (exact) mass is 354 g/mol. The van der Waals surface area contributed by atoms with Gasteiger partial charge in [-0.15, -0.1) is 0 Å². The fraction of sp³-hybridized carbons (Fsp3) is 0.0526. The zero-order valence-corrected chi connectivity index (χ0v) is 13.3. The van der Waals surface area contributed by atoms with Crippen molar-refractivity contribution in [3.05, 3.63) is 77.7 Å². The number of hydrogen-bond acceptors (Lipinski definition) is 4. The van der Waals surface area contributed by atoms with Crippen LogP contribution < -0.4 is 5.32 Å². The fourth-order valence-corrected chi connectivity index (χ4v) is 2.56. The van der Waals surface area contributed by atoms with Crippen molar-refractivity contribution in [3.63, 3.8) is 0 Å². The summed E-state index contributed by atoms with van der Waals surface area (Å²) in [6, 6.07) is 13.6. The summed E-state index contributed by atoms with van der Waals surface area (Å²) in [6.07, 6.45) is 0. The topological polar surface area (TPSA) is 68.3 Å². The van der Waals surface area contributed by atoms with Gasteiger partial charge < -0.3 is 14.3 Å². The third kappa shape index (κ3) is 3.06. The van der Waals surface area contributed by atoms with Gasteiger partial charge in [0.05, 0.1) is 12.1 Å². The Hall–Kier alpha value is -3.48. The lowest BCUT2D eigenvalue weighted by Gasteiger charge is -1.99. The van der Waals surface area contributed by atoms with E-state index in [4.69, 9.17) is 8.94 Å². The molecular formula is C19H12F2N2O3. The van der Waals surface area contributed by atoms with Gasteiger partial charge in [-0.2, -0.15) is 0 Å².